The molecule has 1 heterocycles. The highest BCUT2D eigenvalue weighted by molar-refractivity contribution is 5.99. The smallest absolute Gasteiger partial charge is 0.246 e. The van der Waals surface area contributed by atoms with E-state index in [2.05, 4.69) is 21.3 Å². The van der Waals surface area contributed by atoms with Crippen LogP contribution in [0.25, 0.3) is 0 Å². The molecule has 0 spiro atoms. The van der Waals surface area contributed by atoms with E-state index >= 15 is 14.4 Å². The van der Waals surface area contributed by atoms with Crippen molar-refractivity contribution in [3.63, 3.8) is 0 Å². The van der Waals surface area contributed by atoms with Gasteiger partial charge < -0.3 is 60.7 Å². The van der Waals surface area contributed by atoms with Gasteiger partial charge in [0.2, 0.25) is 65.0 Å². The Morgan fingerprint density at radius 1 is 0.506 bits per heavy atom. The van der Waals surface area contributed by atoms with E-state index in [1.165, 1.54) is 82.8 Å². The molecule has 12 atom stereocenters. The number of likely N-dealkylation sites (N-methyl/N-ethyl adjacent to an activating group) is 7. The van der Waals surface area contributed by atoms with E-state index in [1.807, 2.05) is 41.5 Å². The third-order valence-corrected chi connectivity index (χ3v) is 16.2. The lowest BCUT2D eigenvalue weighted by atomic mass is 9.85. The molecule has 1 aliphatic heterocycles. The van der Waals surface area contributed by atoms with Crippen molar-refractivity contribution in [3.05, 3.63) is 12.2 Å². The minimum atomic E-state index is -1.61. The molecule has 486 valence electrons. The minimum Gasteiger partial charge on any atom is -0.390 e. The van der Waals surface area contributed by atoms with Gasteiger partial charge in [-0.3, -0.25) is 52.7 Å². The summed E-state index contributed by atoms with van der Waals surface area (Å²) >= 11 is 0. The fourth-order valence-electron chi connectivity index (χ4n) is 10.7. The van der Waals surface area contributed by atoms with Crippen LogP contribution in [0, 0.1) is 40.9 Å². The fourth-order valence-corrected chi connectivity index (χ4v) is 10.7. The van der Waals surface area contributed by atoms with Gasteiger partial charge in [0.1, 0.15) is 60.4 Å². The van der Waals surface area contributed by atoms with Crippen LogP contribution >= 0.6 is 0 Å². The highest BCUT2D eigenvalue weighted by atomic mass is 16.3. The molecule has 23 nitrogen and oxygen atoms in total. The Hall–Kier alpha value is -6.13. The third kappa shape index (κ3) is 21.1. The van der Waals surface area contributed by atoms with Crippen molar-refractivity contribution in [2.75, 3.05) is 55.9 Å². The second-order valence-electron chi connectivity index (χ2n) is 26.7. The maximum atomic E-state index is 15.1. The molecule has 85 heavy (non-hydrogen) atoms. The summed E-state index contributed by atoms with van der Waals surface area (Å²) in [6.45, 7) is 30.8. The summed E-state index contributed by atoms with van der Waals surface area (Å²) < 4.78 is 0. The van der Waals surface area contributed by atoms with Crippen molar-refractivity contribution in [2.45, 2.75) is 223 Å². The molecule has 0 saturated carbocycles. The Kier molecular flexibility index (Phi) is 30.5. The summed E-state index contributed by atoms with van der Waals surface area (Å²) in [4.78, 5) is 169. The number of nitrogens with zero attached hydrogens (tertiary/aromatic N) is 7. The standard InChI is InChI=1S/C62H111N11O12/c1-26-28-29-39(13)50(75)49-55(79)64-42(27-2)57(81)67(19)33-46(74)71(23)47(37(9)10)54(78)66-51(62(16,17)18)61(85)68(20)41(15)52(76)65-43(30-34(3)4)53(77)63-40(14)56(80)69(21)44(31-35(5)6)58(82)70(22)45(32-36(7)8)59(83)72(24)48(38(11)12)60(84)73(49)25/h26,28,34-45,47-51,75H,27,29-33H2,1-25H3,(H,63,77)(H,64,79)(H,65,76)(H,66,78)/b28-26+/t39-,40-,41+,42+,43+,44+,45+,47-,48+,49+,50-,51-/m1/s1. The summed E-state index contributed by atoms with van der Waals surface area (Å²) in [7, 11) is 9.86. The van der Waals surface area contributed by atoms with Gasteiger partial charge in [-0.25, -0.2) is 0 Å². The Labute approximate surface area is 508 Å². The number of rotatable bonds is 13. The van der Waals surface area contributed by atoms with E-state index in [9.17, 15) is 43.5 Å². The van der Waals surface area contributed by atoms with E-state index in [0.29, 0.717) is 6.42 Å². The molecule has 0 unspecified atom stereocenters. The van der Waals surface area contributed by atoms with Crippen molar-refractivity contribution in [3.8, 4) is 0 Å². The molecule has 0 bridgehead atoms. The SMILES string of the molecule is C/C=C/C[C@@H](C)[C@@H](O)[C@H]1C(=O)N[C@@H](CC)C(=O)N(C)CC(=O)N(C)[C@H](C(C)C)C(=O)N[C@@H](C(C)(C)C)C(=O)N(C)[C@@H](C)C(=O)N[C@@H](CC(C)C)C(=O)N[C@H](C)C(=O)N(C)[C@@H](CC(C)C)C(=O)N(C)[C@@H](CC(C)C)C(=O)N(C)[C@@H](C(C)C)C(=O)N1C. The zero-order valence-electron chi connectivity index (χ0n) is 56.3. The van der Waals surface area contributed by atoms with Crippen LogP contribution < -0.4 is 21.3 Å². The molecule has 5 N–H and O–H groups in total. The topological polar surface area (TPSA) is 279 Å². The zero-order valence-corrected chi connectivity index (χ0v) is 56.3. The van der Waals surface area contributed by atoms with Gasteiger partial charge in [0.15, 0.2) is 0 Å². The number of hydrogen-bond acceptors (Lipinski definition) is 12. The van der Waals surface area contributed by atoms with Crippen LogP contribution in [0.1, 0.15) is 157 Å². The third-order valence-electron chi connectivity index (χ3n) is 16.2. The molecule has 0 radical (unpaired) electrons. The Morgan fingerprint density at radius 2 is 0.953 bits per heavy atom. The molecule has 1 aliphatic rings. The number of carbonyl (C=O) groups is 11. The van der Waals surface area contributed by atoms with Gasteiger partial charge in [-0.1, -0.05) is 116 Å². The first-order valence-electron chi connectivity index (χ1n) is 30.4. The second-order valence-corrected chi connectivity index (χ2v) is 26.7. The minimum absolute atomic E-state index is 0.0192. The van der Waals surface area contributed by atoms with Crippen LogP contribution in [0.4, 0.5) is 0 Å². The van der Waals surface area contributed by atoms with Crippen molar-refractivity contribution in [1.29, 1.82) is 0 Å². The van der Waals surface area contributed by atoms with Crippen LogP contribution in [-0.4, -0.2) is 227 Å². The maximum Gasteiger partial charge on any atom is 0.246 e. The van der Waals surface area contributed by atoms with Gasteiger partial charge in [0.05, 0.1) is 12.6 Å². The average Bonchev–Trinajstić information content (AvgIpc) is 3.26. The normalized spacial score (nSPS) is 27.0. The molecule has 0 aromatic carbocycles. The monoisotopic (exact) mass is 1200 g/mol. The molecule has 0 aliphatic carbocycles. The highest BCUT2D eigenvalue weighted by Crippen LogP contribution is 2.27. The van der Waals surface area contributed by atoms with E-state index in [4.69, 9.17) is 0 Å². The average molecular weight is 1200 g/mol. The number of aliphatic hydroxyl groups is 1. The van der Waals surface area contributed by atoms with Crippen molar-refractivity contribution >= 4 is 65.0 Å². The van der Waals surface area contributed by atoms with Crippen LogP contribution in [0.5, 0.6) is 0 Å². The molecule has 1 rings (SSSR count). The van der Waals surface area contributed by atoms with Crippen LogP contribution in [0.2, 0.25) is 0 Å². The lowest BCUT2D eigenvalue weighted by molar-refractivity contribution is -0.157. The van der Waals surface area contributed by atoms with Gasteiger partial charge in [-0.15, -0.1) is 0 Å². The van der Waals surface area contributed by atoms with Gasteiger partial charge in [-0.2, -0.15) is 0 Å². The molecule has 1 saturated heterocycles. The number of carbonyl (C=O) groups excluding carboxylic acids is 11. The fraction of sp³-hybridized carbons (Fsp3) is 0.790. The van der Waals surface area contributed by atoms with Gasteiger partial charge in [0.25, 0.3) is 0 Å². The number of amides is 11. The van der Waals surface area contributed by atoms with E-state index in [0.717, 1.165) is 14.7 Å². The van der Waals surface area contributed by atoms with Crippen LogP contribution in [0.15, 0.2) is 12.2 Å². The summed E-state index contributed by atoms with van der Waals surface area (Å²) in [5.74, 6) is -9.68. The Bertz CT molecular complexity index is 2350. The Balaban J connectivity index is 4.34. The number of hydrogen-bond donors (Lipinski definition) is 5. The molecule has 23 heteroatoms. The predicted octanol–water partition coefficient (Wildman–Crippen LogP) is 3.27. The van der Waals surface area contributed by atoms with Crippen LogP contribution in [0.3, 0.4) is 0 Å². The number of nitrogens with one attached hydrogen (secondary N) is 4. The molecular weight excluding hydrogens is 1090 g/mol. The van der Waals surface area contributed by atoms with Gasteiger partial charge in [0, 0.05) is 49.3 Å². The zero-order chi connectivity index (χ0) is 66.2. The summed E-state index contributed by atoms with van der Waals surface area (Å²) in [6.07, 6.45) is 2.85. The summed E-state index contributed by atoms with van der Waals surface area (Å²) in [6, 6.07) is -12.5. The predicted molar refractivity (Wildman–Crippen MR) is 328 cm³/mol. The first-order chi connectivity index (χ1) is 39.0. The van der Waals surface area contributed by atoms with E-state index < -0.39 is 161 Å². The lowest BCUT2D eigenvalue weighted by Crippen LogP contribution is -2.63. The largest absolute Gasteiger partial charge is 0.390 e. The van der Waals surface area contributed by atoms with E-state index in [1.54, 1.807) is 81.4 Å². The maximum absolute atomic E-state index is 15.1. The van der Waals surface area contributed by atoms with Crippen molar-refractivity contribution in [2.24, 2.45) is 40.9 Å². The van der Waals surface area contributed by atoms with Gasteiger partial charge in [-0.05, 0) is 93.8 Å². The second kappa shape index (κ2) is 33.7. The molecular formula is C62H111N11O12. The quantitative estimate of drug-likeness (QED) is 0.166. The lowest BCUT2D eigenvalue weighted by Gasteiger charge is -2.41. The Morgan fingerprint density at radius 3 is 1.40 bits per heavy atom. The molecule has 1 fully saturated rings. The van der Waals surface area contributed by atoms with E-state index in [-0.39, 0.29) is 43.4 Å². The number of allylic oxidation sites excluding steroid dienone is 2. The summed E-state index contributed by atoms with van der Waals surface area (Å²) in [5, 5.41) is 23.2. The van der Waals surface area contributed by atoms with Crippen molar-refractivity contribution in [1.82, 2.24) is 55.6 Å². The first-order valence-corrected chi connectivity index (χ1v) is 30.4. The molecule has 11 amide bonds. The first kappa shape index (κ1) is 76.9. The molecule has 0 aromatic heterocycles. The summed E-state index contributed by atoms with van der Waals surface area (Å²) in [5.41, 5.74) is -0.949. The number of aliphatic hydroxyl groups excluding tert-OH is 1. The van der Waals surface area contributed by atoms with Gasteiger partial charge >= 0.3 is 0 Å². The van der Waals surface area contributed by atoms with Crippen molar-refractivity contribution < 1.29 is 57.8 Å². The molecule has 0 aromatic rings. The highest BCUT2D eigenvalue weighted by Gasteiger charge is 2.46. The van der Waals surface area contributed by atoms with Crippen LogP contribution in [-0.2, 0) is 52.7 Å².